The Labute approximate surface area is 122 Å². The molecule has 0 aromatic heterocycles. The summed E-state index contributed by atoms with van der Waals surface area (Å²) >= 11 is 0. The third kappa shape index (κ3) is 5.49. The Morgan fingerprint density at radius 2 is 1.90 bits per heavy atom. The molecule has 0 aliphatic carbocycles. The zero-order valence-electron chi connectivity index (χ0n) is 13.4. The summed E-state index contributed by atoms with van der Waals surface area (Å²) in [7, 11) is 0. The molecule has 2 nitrogen and oxygen atoms in total. The highest BCUT2D eigenvalue weighted by molar-refractivity contribution is 5.31. The van der Waals surface area contributed by atoms with Crippen LogP contribution >= 0.6 is 0 Å². The number of hydrogen-bond donors (Lipinski definition) is 1. The van der Waals surface area contributed by atoms with E-state index < -0.39 is 0 Å². The molecule has 0 fully saturated rings. The van der Waals surface area contributed by atoms with Crippen LogP contribution in [0.4, 0.5) is 4.39 Å². The molecular weight excluding hydrogens is 253 g/mol. The standard InChI is InChI=1S/C17H28FNO/c1-6-9-19-14(5)15-7-8-17(16(18)11-15)20-13(4)10-12(2)3/h7-8,11-14,19H,6,9-10H2,1-5H3. The summed E-state index contributed by atoms with van der Waals surface area (Å²) < 4.78 is 19.8. The van der Waals surface area contributed by atoms with Gasteiger partial charge >= 0.3 is 0 Å². The molecule has 0 radical (unpaired) electrons. The Kier molecular flexibility index (Phi) is 7.00. The van der Waals surface area contributed by atoms with Crippen LogP contribution in [0.2, 0.25) is 0 Å². The molecule has 0 amide bonds. The van der Waals surface area contributed by atoms with Gasteiger partial charge in [-0.2, -0.15) is 0 Å². The maximum atomic E-state index is 14.1. The molecule has 0 saturated heterocycles. The predicted octanol–water partition coefficient (Wildman–Crippen LogP) is 4.70. The second-order valence-electron chi connectivity index (χ2n) is 5.92. The molecule has 0 saturated carbocycles. The summed E-state index contributed by atoms with van der Waals surface area (Å²) in [5.41, 5.74) is 0.958. The van der Waals surface area contributed by atoms with Gasteiger partial charge in [0.2, 0.25) is 0 Å². The van der Waals surface area contributed by atoms with Gasteiger partial charge in [-0.25, -0.2) is 4.39 Å². The van der Waals surface area contributed by atoms with E-state index in [-0.39, 0.29) is 18.0 Å². The molecule has 0 aliphatic heterocycles. The Morgan fingerprint density at radius 1 is 1.20 bits per heavy atom. The summed E-state index contributed by atoms with van der Waals surface area (Å²) in [5.74, 6) is 0.624. The van der Waals surface area contributed by atoms with E-state index in [4.69, 9.17) is 4.74 Å². The Hall–Kier alpha value is -1.09. The molecule has 1 N–H and O–H groups in total. The van der Waals surface area contributed by atoms with Crippen molar-refractivity contribution < 1.29 is 9.13 Å². The first-order chi connectivity index (χ1) is 9.43. The zero-order valence-corrected chi connectivity index (χ0v) is 13.4. The molecule has 0 aliphatic rings. The lowest BCUT2D eigenvalue weighted by Crippen LogP contribution is -2.19. The fourth-order valence-electron chi connectivity index (χ4n) is 2.29. The Balaban J connectivity index is 2.68. The minimum absolute atomic E-state index is 0.0333. The van der Waals surface area contributed by atoms with Crippen LogP contribution in [0.25, 0.3) is 0 Å². The minimum atomic E-state index is -0.275. The van der Waals surface area contributed by atoms with Gasteiger partial charge in [0.05, 0.1) is 6.10 Å². The van der Waals surface area contributed by atoms with Gasteiger partial charge in [0.15, 0.2) is 11.6 Å². The van der Waals surface area contributed by atoms with Gasteiger partial charge in [-0.15, -0.1) is 0 Å². The molecule has 1 aromatic rings. The number of halogens is 1. The van der Waals surface area contributed by atoms with Gasteiger partial charge in [-0.05, 0) is 56.8 Å². The maximum Gasteiger partial charge on any atom is 0.165 e. The quantitative estimate of drug-likeness (QED) is 0.745. The number of benzene rings is 1. The molecule has 20 heavy (non-hydrogen) atoms. The molecule has 2 unspecified atom stereocenters. The number of nitrogens with one attached hydrogen (secondary N) is 1. The van der Waals surface area contributed by atoms with Crippen molar-refractivity contribution in [1.82, 2.24) is 5.32 Å². The van der Waals surface area contributed by atoms with Gasteiger partial charge in [0.25, 0.3) is 0 Å². The van der Waals surface area contributed by atoms with E-state index in [9.17, 15) is 4.39 Å². The van der Waals surface area contributed by atoms with Crippen molar-refractivity contribution in [2.75, 3.05) is 6.54 Å². The van der Waals surface area contributed by atoms with Crippen LogP contribution in [0.1, 0.15) is 59.1 Å². The molecule has 1 aromatic carbocycles. The van der Waals surface area contributed by atoms with Gasteiger partial charge in [0, 0.05) is 6.04 Å². The topological polar surface area (TPSA) is 21.3 Å². The lowest BCUT2D eigenvalue weighted by Gasteiger charge is -2.19. The van der Waals surface area contributed by atoms with E-state index in [0.717, 1.165) is 24.9 Å². The highest BCUT2D eigenvalue weighted by Gasteiger charge is 2.12. The highest BCUT2D eigenvalue weighted by atomic mass is 19.1. The van der Waals surface area contributed by atoms with Crippen molar-refractivity contribution >= 4 is 0 Å². The van der Waals surface area contributed by atoms with Crippen LogP contribution in [0.3, 0.4) is 0 Å². The molecule has 0 bridgehead atoms. The summed E-state index contributed by atoms with van der Waals surface area (Å²) in [6.45, 7) is 11.4. The lowest BCUT2D eigenvalue weighted by molar-refractivity contribution is 0.185. The van der Waals surface area contributed by atoms with Crippen LogP contribution in [0.15, 0.2) is 18.2 Å². The van der Waals surface area contributed by atoms with Crippen LogP contribution in [-0.4, -0.2) is 12.6 Å². The van der Waals surface area contributed by atoms with Crippen molar-refractivity contribution in [3.63, 3.8) is 0 Å². The van der Waals surface area contributed by atoms with Crippen LogP contribution < -0.4 is 10.1 Å². The number of hydrogen-bond acceptors (Lipinski definition) is 2. The van der Waals surface area contributed by atoms with Crippen molar-refractivity contribution in [2.45, 2.75) is 59.6 Å². The van der Waals surface area contributed by atoms with Crippen molar-refractivity contribution in [1.29, 1.82) is 0 Å². The fourth-order valence-corrected chi connectivity index (χ4v) is 2.29. The summed E-state index contributed by atoms with van der Waals surface area (Å²) in [5, 5.41) is 3.35. The van der Waals surface area contributed by atoms with E-state index in [1.807, 2.05) is 19.9 Å². The van der Waals surface area contributed by atoms with Gasteiger partial charge in [-0.1, -0.05) is 26.8 Å². The molecule has 3 heteroatoms. The highest BCUT2D eigenvalue weighted by Crippen LogP contribution is 2.24. The normalized spacial score (nSPS) is 14.3. The van der Waals surface area contributed by atoms with E-state index in [2.05, 4.69) is 26.1 Å². The molecule has 0 spiro atoms. The van der Waals surface area contributed by atoms with Crippen LogP contribution in [-0.2, 0) is 0 Å². The van der Waals surface area contributed by atoms with Gasteiger partial charge in [0.1, 0.15) is 0 Å². The third-order valence-corrected chi connectivity index (χ3v) is 3.29. The van der Waals surface area contributed by atoms with E-state index >= 15 is 0 Å². The molecule has 1 rings (SSSR count). The van der Waals surface area contributed by atoms with Gasteiger partial charge < -0.3 is 10.1 Å². The average Bonchev–Trinajstić information content (AvgIpc) is 2.37. The van der Waals surface area contributed by atoms with Crippen molar-refractivity contribution in [3.05, 3.63) is 29.6 Å². The van der Waals surface area contributed by atoms with Gasteiger partial charge in [-0.3, -0.25) is 0 Å². The number of ether oxygens (including phenoxy) is 1. The zero-order chi connectivity index (χ0) is 15.1. The maximum absolute atomic E-state index is 14.1. The minimum Gasteiger partial charge on any atom is -0.488 e. The average molecular weight is 281 g/mol. The van der Waals surface area contributed by atoms with Crippen LogP contribution in [0.5, 0.6) is 5.75 Å². The lowest BCUT2D eigenvalue weighted by atomic mass is 10.1. The van der Waals surface area contributed by atoms with E-state index in [0.29, 0.717) is 11.7 Å². The predicted molar refractivity (Wildman–Crippen MR) is 82.7 cm³/mol. The first kappa shape index (κ1) is 17.0. The Bertz CT molecular complexity index is 406. The second-order valence-corrected chi connectivity index (χ2v) is 5.92. The second kappa shape index (κ2) is 8.25. The van der Waals surface area contributed by atoms with Crippen LogP contribution in [0, 0.1) is 11.7 Å². The fraction of sp³-hybridized carbons (Fsp3) is 0.647. The molecule has 114 valence electrons. The molecular formula is C17H28FNO. The first-order valence-corrected chi connectivity index (χ1v) is 7.63. The molecule has 0 heterocycles. The summed E-state index contributed by atoms with van der Waals surface area (Å²) in [6, 6.07) is 5.41. The van der Waals surface area contributed by atoms with Crippen molar-refractivity contribution in [2.24, 2.45) is 5.92 Å². The van der Waals surface area contributed by atoms with E-state index in [1.165, 1.54) is 0 Å². The SMILES string of the molecule is CCCNC(C)c1ccc(OC(C)CC(C)C)c(F)c1. The first-order valence-electron chi connectivity index (χ1n) is 7.63. The van der Waals surface area contributed by atoms with E-state index in [1.54, 1.807) is 12.1 Å². The monoisotopic (exact) mass is 281 g/mol. The van der Waals surface area contributed by atoms with Crippen molar-refractivity contribution in [3.8, 4) is 5.75 Å². The number of rotatable bonds is 8. The Morgan fingerprint density at radius 3 is 2.45 bits per heavy atom. The summed E-state index contributed by atoms with van der Waals surface area (Å²) in [6.07, 6.45) is 2.03. The molecule has 2 atom stereocenters. The smallest absolute Gasteiger partial charge is 0.165 e. The summed E-state index contributed by atoms with van der Waals surface area (Å²) in [4.78, 5) is 0. The largest absolute Gasteiger partial charge is 0.488 e. The third-order valence-electron chi connectivity index (χ3n) is 3.29.